The molecule has 2 aromatic rings. The van der Waals surface area contributed by atoms with E-state index in [1.165, 1.54) is 0 Å². The molecule has 1 aliphatic carbocycles. The normalized spacial score (nSPS) is 13.9. The van der Waals surface area contributed by atoms with Crippen molar-refractivity contribution in [1.82, 2.24) is 0 Å². The van der Waals surface area contributed by atoms with Crippen molar-refractivity contribution >= 4 is 0 Å². The Hall–Kier alpha value is -2.88. The lowest BCUT2D eigenvalue weighted by Crippen LogP contribution is -2.04. The number of hydrogen-bond acceptors (Lipinski definition) is 4. The van der Waals surface area contributed by atoms with Crippen molar-refractivity contribution in [3.8, 4) is 23.0 Å². The van der Waals surface area contributed by atoms with E-state index in [0.29, 0.717) is 11.5 Å². The molecule has 0 aromatic heterocycles. The SMILES string of the molecule is Cc1cc(OC2=CCCC(Oc3ccc(O)c(C)c3)=C2)ccc1O. The van der Waals surface area contributed by atoms with E-state index in [-0.39, 0.29) is 11.5 Å². The van der Waals surface area contributed by atoms with Crippen LogP contribution in [0, 0.1) is 13.8 Å². The Morgan fingerprint density at radius 2 is 1.42 bits per heavy atom. The average Bonchev–Trinajstić information content (AvgIpc) is 2.55. The molecule has 124 valence electrons. The molecule has 0 saturated carbocycles. The van der Waals surface area contributed by atoms with Gasteiger partial charge in [0, 0.05) is 12.5 Å². The Kier molecular flexibility index (Phi) is 4.47. The van der Waals surface area contributed by atoms with Crippen molar-refractivity contribution < 1.29 is 19.7 Å². The summed E-state index contributed by atoms with van der Waals surface area (Å²) in [6.45, 7) is 3.66. The molecular formula is C20H20O4. The molecule has 4 nitrogen and oxygen atoms in total. The number of aryl methyl sites for hydroxylation is 2. The van der Waals surface area contributed by atoms with Gasteiger partial charge >= 0.3 is 0 Å². The van der Waals surface area contributed by atoms with Gasteiger partial charge in [0.1, 0.15) is 34.5 Å². The summed E-state index contributed by atoms with van der Waals surface area (Å²) in [4.78, 5) is 0. The molecule has 0 fully saturated rings. The predicted octanol–water partition coefficient (Wildman–Crippen LogP) is 4.73. The van der Waals surface area contributed by atoms with Crippen LogP contribution in [0.4, 0.5) is 0 Å². The number of phenolic OH excluding ortho intramolecular Hbond substituents is 2. The third kappa shape index (κ3) is 3.71. The third-order valence-corrected chi connectivity index (χ3v) is 3.86. The van der Waals surface area contributed by atoms with Gasteiger partial charge in [-0.2, -0.15) is 0 Å². The number of hydrogen-bond donors (Lipinski definition) is 2. The summed E-state index contributed by atoms with van der Waals surface area (Å²) in [7, 11) is 0. The van der Waals surface area contributed by atoms with Crippen LogP contribution < -0.4 is 9.47 Å². The molecule has 4 heteroatoms. The maximum atomic E-state index is 9.58. The van der Waals surface area contributed by atoms with Crippen LogP contribution in [0.15, 0.2) is 60.1 Å². The summed E-state index contributed by atoms with van der Waals surface area (Å²) in [5.74, 6) is 3.41. The highest BCUT2D eigenvalue weighted by atomic mass is 16.5. The van der Waals surface area contributed by atoms with Crippen molar-refractivity contribution in [1.29, 1.82) is 0 Å². The fraction of sp³-hybridized carbons (Fsp3) is 0.200. The van der Waals surface area contributed by atoms with Gasteiger partial charge in [0.15, 0.2) is 0 Å². The monoisotopic (exact) mass is 324 g/mol. The smallest absolute Gasteiger partial charge is 0.127 e. The van der Waals surface area contributed by atoms with E-state index in [9.17, 15) is 10.2 Å². The molecule has 24 heavy (non-hydrogen) atoms. The molecule has 0 unspecified atom stereocenters. The maximum Gasteiger partial charge on any atom is 0.127 e. The first kappa shape index (κ1) is 16.0. The second kappa shape index (κ2) is 6.71. The van der Waals surface area contributed by atoms with Crippen molar-refractivity contribution in [2.75, 3.05) is 0 Å². The highest BCUT2D eigenvalue weighted by Gasteiger charge is 2.11. The highest BCUT2D eigenvalue weighted by molar-refractivity contribution is 5.41. The number of phenols is 2. The largest absolute Gasteiger partial charge is 0.508 e. The van der Waals surface area contributed by atoms with E-state index >= 15 is 0 Å². The van der Waals surface area contributed by atoms with E-state index in [4.69, 9.17) is 9.47 Å². The fourth-order valence-corrected chi connectivity index (χ4v) is 2.47. The second-order valence-electron chi connectivity index (χ2n) is 5.86. The van der Waals surface area contributed by atoms with Crippen molar-refractivity contribution in [3.05, 3.63) is 71.2 Å². The van der Waals surface area contributed by atoms with Crippen LogP contribution in [-0.2, 0) is 0 Å². The minimum atomic E-state index is 0.252. The lowest BCUT2D eigenvalue weighted by Gasteiger charge is -2.16. The molecule has 0 bridgehead atoms. The van der Waals surface area contributed by atoms with Gasteiger partial charge in [-0.25, -0.2) is 0 Å². The molecule has 1 aliphatic rings. The Balaban J connectivity index is 1.72. The molecule has 0 heterocycles. The Labute approximate surface area is 141 Å². The minimum Gasteiger partial charge on any atom is -0.508 e. The summed E-state index contributed by atoms with van der Waals surface area (Å²) in [5, 5.41) is 19.2. The molecule has 2 N–H and O–H groups in total. The van der Waals surface area contributed by atoms with Crippen LogP contribution in [0.3, 0.4) is 0 Å². The Morgan fingerprint density at radius 3 is 2.00 bits per heavy atom. The van der Waals surface area contributed by atoms with Gasteiger partial charge in [-0.05, 0) is 73.9 Å². The number of ether oxygens (including phenoxy) is 2. The summed E-state index contributed by atoms with van der Waals surface area (Å²) < 4.78 is 11.7. The summed E-state index contributed by atoms with van der Waals surface area (Å²) in [5.41, 5.74) is 1.54. The first-order chi connectivity index (χ1) is 11.5. The Morgan fingerprint density at radius 1 is 0.833 bits per heavy atom. The second-order valence-corrected chi connectivity index (χ2v) is 5.86. The van der Waals surface area contributed by atoms with Crippen molar-refractivity contribution in [2.45, 2.75) is 26.7 Å². The van der Waals surface area contributed by atoms with Crippen LogP contribution in [0.1, 0.15) is 24.0 Å². The molecule has 0 amide bonds. The van der Waals surface area contributed by atoms with E-state index in [1.54, 1.807) is 36.4 Å². The van der Waals surface area contributed by atoms with Crippen LogP contribution in [0.5, 0.6) is 23.0 Å². The fourth-order valence-electron chi connectivity index (χ4n) is 2.47. The third-order valence-electron chi connectivity index (χ3n) is 3.86. The molecule has 0 saturated heterocycles. The zero-order valence-electron chi connectivity index (χ0n) is 13.7. The van der Waals surface area contributed by atoms with E-state index in [1.807, 2.05) is 26.0 Å². The van der Waals surface area contributed by atoms with Gasteiger partial charge in [0.25, 0.3) is 0 Å². The van der Waals surface area contributed by atoms with E-state index in [2.05, 4.69) is 0 Å². The van der Waals surface area contributed by atoms with Crippen molar-refractivity contribution in [3.63, 3.8) is 0 Å². The first-order valence-electron chi connectivity index (χ1n) is 7.87. The lowest BCUT2D eigenvalue weighted by atomic mass is 10.1. The van der Waals surface area contributed by atoms with Crippen LogP contribution in [0.2, 0.25) is 0 Å². The summed E-state index contributed by atoms with van der Waals surface area (Å²) >= 11 is 0. The van der Waals surface area contributed by atoms with E-state index < -0.39 is 0 Å². The van der Waals surface area contributed by atoms with Gasteiger partial charge in [0.2, 0.25) is 0 Å². The number of allylic oxidation sites excluding steroid dienone is 3. The molecule has 0 aliphatic heterocycles. The van der Waals surface area contributed by atoms with Gasteiger partial charge in [-0.3, -0.25) is 0 Å². The first-order valence-corrected chi connectivity index (χ1v) is 7.87. The summed E-state index contributed by atoms with van der Waals surface area (Å²) in [6, 6.07) is 10.3. The highest BCUT2D eigenvalue weighted by Crippen LogP contribution is 2.28. The van der Waals surface area contributed by atoms with Gasteiger partial charge in [0.05, 0.1) is 0 Å². The number of aromatic hydroxyl groups is 2. The minimum absolute atomic E-state index is 0.252. The maximum absolute atomic E-state index is 9.58. The zero-order chi connectivity index (χ0) is 17.1. The lowest BCUT2D eigenvalue weighted by molar-refractivity contribution is 0.379. The van der Waals surface area contributed by atoms with E-state index in [0.717, 1.165) is 35.5 Å². The molecule has 0 radical (unpaired) electrons. The zero-order valence-corrected chi connectivity index (χ0v) is 13.7. The quantitative estimate of drug-likeness (QED) is 0.853. The Bertz CT molecular complexity index is 818. The van der Waals surface area contributed by atoms with Crippen LogP contribution in [0.25, 0.3) is 0 Å². The number of benzene rings is 2. The molecule has 2 aromatic carbocycles. The predicted molar refractivity (Wildman–Crippen MR) is 92.3 cm³/mol. The van der Waals surface area contributed by atoms with Crippen molar-refractivity contribution in [2.24, 2.45) is 0 Å². The molecule has 0 spiro atoms. The number of rotatable bonds is 4. The van der Waals surface area contributed by atoms with Gasteiger partial charge < -0.3 is 19.7 Å². The topological polar surface area (TPSA) is 58.9 Å². The van der Waals surface area contributed by atoms with Gasteiger partial charge in [-0.15, -0.1) is 0 Å². The molecule has 0 atom stereocenters. The standard InChI is InChI=1S/C20H20O4/c1-13-10-17(6-8-19(13)21)23-15-4-3-5-16(12-15)24-18-7-9-20(22)14(2)11-18/h4,6-12,21-22H,3,5H2,1-2H3. The molecular weight excluding hydrogens is 304 g/mol. The van der Waals surface area contributed by atoms with Crippen LogP contribution in [-0.4, -0.2) is 10.2 Å². The van der Waals surface area contributed by atoms with Crippen LogP contribution >= 0.6 is 0 Å². The molecule has 3 rings (SSSR count). The van der Waals surface area contributed by atoms with Gasteiger partial charge in [-0.1, -0.05) is 0 Å². The average molecular weight is 324 g/mol. The summed E-state index contributed by atoms with van der Waals surface area (Å²) in [6.07, 6.45) is 5.50.